The van der Waals surface area contributed by atoms with Crippen molar-refractivity contribution < 1.29 is 27.8 Å². The number of hydrogen-bond acceptors (Lipinski definition) is 7. The number of esters is 1. The molecule has 1 aliphatic rings. The summed E-state index contributed by atoms with van der Waals surface area (Å²) in [6, 6.07) is 9.63. The lowest BCUT2D eigenvalue weighted by atomic mass is 10.2. The van der Waals surface area contributed by atoms with Gasteiger partial charge in [-0.1, -0.05) is 12.1 Å². The lowest BCUT2D eigenvalue weighted by Gasteiger charge is -2.09. The molecule has 10 heteroatoms. The zero-order valence-corrected chi connectivity index (χ0v) is 16.4. The van der Waals surface area contributed by atoms with Crippen LogP contribution in [0.5, 0.6) is 5.75 Å². The summed E-state index contributed by atoms with van der Waals surface area (Å²) < 4.78 is 36.7. The summed E-state index contributed by atoms with van der Waals surface area (Å²) in [4.78, 5) is 23.1. The van der Waals surface area contributed by atoms with Gasteiger partial charge in [0.15, 0.2) is 5.17 Å². The van der Waals surface area contributed by atoms with E-state index < -0.39 is 17.7 Å². The van der Waals surface area contributed by atoms with Crippen molar-refractivity contribution in [2.75, 3.05) is 7.11 Å². The maximum atomic E-state index is 13.6. The molecule has 0 aliphatic carbocycles. The molecule has 0 unspecified atom stereocenters. The number of amides is 1. The third kappa shape index (κ3) is 5.74. The van der Waals surface area contributed by atoms with Crippen molar-refractivity contribution in [2.24, 2.45) is 10.2 Å². The number of rotatable bonds is 6. The number of thioether (sulfide) groups is 1. The Balaban J connectivity index is 1.70. The molecular formula is C20H15F2N3O4S. The largest absolute Gasteiger partial charge is 0.488 e. The van der Waals surface area contributed by atoms with Crippen molar-refractivity contribution in [3.8, 4) is 5.75 Å². The summed E-state index contributed by atoms with van der Waals surface area (Å²) in [5.41, 5.74) is 1.15. The second-order valence-electron chi connectivity index (χ2n) is 5.83. The summed E-state index contributed by atoms with van der Waals surface area (Å²) in [5, 5.41) is 10.4. The summed E-state index contributed by atoms with van der Waals surface area (Å²) in [5.74, 6) is -1.80. The topological polar surface area (TPSA) is 89.3 Å². The molecule has 3 rings (SSSR count). The highest BCUT2D eigenvalue weighted by atomic mass is 32.2. The smallest absolute Gasteiger partial charge is 0.331 e. The number of carbonyl (C=O) groups is 2. The van der Waals surface area contributed by atoms with Crippen molar-refractivity contribution in [3.05, 3.63) is 76.2 Å². The van der Waals surface area contributed by atoms with Crippen LogP contribution in [-0.2, 0) is 20.9 Å². The maximum Gasteiger partial charge on any atom is 0.331 e. The van der Waals surface area contributed by atoms with Gasteiger partial charge in [-0.3, -0.25) is 10.1 Å². The Morgan fingerprint density at radius 1 is 1.17 bits per heavy atom. The molecule has 1 heterocycles. The van der Waals surface area contributed by atoms with Crippen LogP contribution in [0.1, 0.15) is 11.1 Å². The van der Waals surface area contributed by atoms with E-state index in [1.54, 1.807) is 12.1 Å². The molecule has 0 spiro atoms. The van der Waals surface area contributed by atoms with Crippen LogP contribution in [0.4, 0.5) is 8.78 Å². The first-order chi connectivity index (χ1) is 14.4. The first-order valence-corrected chi connectivity index (χ1v) is 9.33. The fourth-order valence-corrected chi connectivity index (χ4v) is 3.01. The third-order valence-corrected chi connectivity index (χ3v) is 4.63. The van der Waals surface area contributed by atoms with Gasteiger partial charge in [-0.2, -0.15) is 5.10 Å². The van der Waals surface area contributed by atoms with Crippen LogP contribution in [0.15, 0.2) is 63.6 Å². The standard InChI is InChI=1S/C20H15F2N3O4S/c1-28-18(26)9-17-19(27)24-20(30-17)25-23-10-13-4-7-15(22)8-16(13)29-11-12-2-5-14(21)6-3-12/h2-10H,11H2,1H3,(H,24,25,27)/b17-9+,23-10?. The average Bonchev–Trinajstić information content (AvgIpc) is 3.07. The summed E-state index contributed by atoms with van der Waals surface area (Å²) in [6.45, 7) is 0.104. The van der Waals surface area contributed by atoms with Gasteiger partial charge in [0, 0.05) is 17.7 Å². The van der Waals surface area contributed by atoms with Crippen LogP contribution < -0.4 is 10.1 Å². The summed E-state index contributed by atoms with van der Waals surface area (Å²) in [6.07, 6.45) is 2.38. The number of carbonyl (C=O) groups excluding carboxylic acids is 2. The fourth-order valence-electron chi connectivity index (χ4n) is 2.27. The monoisotopic (exact) mass is 431 g/mol. The molecule has 0 bridgehead atoms. The molecule has 30 heavy (non-hydrogen) atoms. The Labute approximate surface area is 174 Å². The minimum absolute atomic E-state index is 0.104. The number of amidine groups is 1. The number of nitrogens with zero attached hydrogens (tertiary/aromatic N) is 2. The molecular weight excluding hydrogens is 416 g/mol. The van der Waals surface area contributed by atoms with Crippen molar-refractivity contribution in [1.29, 1.82) is 0 Å². The van der Waals surface area contributed by atoms with Crippen LogP contribution in [0.3, 0.4) is 0 Å². The number of nitrogens with one attached hydrogen (secondary N) is 1. The molecule has 154 valence electrons. The molecule has 2 aromatic rings. The van der Waals surface area contributed by atoms with Gasteiger partial charge in [0.05, 0.1) is 18.2 Å². The Hall–Kier alpha value is -3.53. The van der Waals surface area contributed by atoms with Crippen LogP contribution in [0.2, 0.25) is 0 Å². The zero-order valence-electron chi connectivity index (χ0n) is 15.6. The van der Waals surface area contributed by atoms with E-state index in [1.807, 2.05) is 0 Å². The van der Waals surface area contributed by atoms with Gasteiger partial charge >= 0.3 is 5.97 Å². The van der Waals surface area contributed by atoms with E-state index in [2.05, 4.69) is 20.3 Å². The predicted molar refractivity (Wildman–Crippen MR) is 108 cm³/mol. The minimum Gasteiger partial charge on any atom is -0.488 e. The maximum absolute atomic E-state index is 13.6. The lowest BCUT2D eigenvalue weighted by molar-refractivity contribution is -0.135. The Morgan fingerprint density at radius 2 is 1.90 bits per heavy atom. The molecule has 1 amide bonds. The fraction of sp³-hybridized carbons (Fsp3) is 0.100. The Kier molecular flexibility index (Phi) is 6.91. The second kappa shape index (κ2) is 9.79. The number of ether oxygens (including phenoxy) is 2. The van der Waals surface area contributed by atoms with E-state index in [-0.39, 0.29) is 28.2 Å². The molecule has 1 fully saturated rings. The van der Waals surface area contributed by atoms with Crippen LogP contribution in [-0.4, -0.2) is 30.4 Å². The Bertz CT molecular complexity index is 1050. The van der Waals surface area contributed by atoms with E-state index in [1.165, 1.54) is 43.7 Å². The van der Waals surface area contributed by atoms with E-state index >= 15 is 0 Å². The van der Waals surface area contributed by atoms with Gasteiger partial charge in [0.1, 0.15) is 24.0 Å². The third-order valence-electron chi connectivity index (χ3n) is 3.73. The number of halogens is 2. The molecule has 0 aromatic heterocycles. The number of methoxy groups -OCH3 is 1. The van der Waals surface area contributed by atoms with Gasteiger partial charge in [-0.15, -0.1) is 5.10 Å². The number of benzene rings is 2. The minimum atomic E-state index is -0.661. The van der Waals surface area contributed by atoms with Gasteiger partial charge in [0.2, 0.25) is 0 Å². The second-order valence-corrected chi connectivity index (χ2v) is 6.87. The highest BCUT2D eigenvalue weighted by Gasteiger charge is 2.25. The molecule has 7 nitrogen and oxygen atoms in total. The first-order valence-electron chi connectivity index (χ1n) is 8.51. The molecule has 2 aromatic carbocycles. The summed E-state index contributed by atoms with van der Waals surface area (Å²) in [7, 11) is 1.20. The zero-order chi connectivity index (χ0) is 21.5. The van der Waals surface area contributed by atoms with E-state index in [4.69, 9.17) is 4.74 Å². The van der Waals surface area contributed by atoms with Crippen LogP contribution in [0.25, 0.3) is 0 Å². The average molecular weight is 431 g/mol. The van der Waals surface area contributed by atoms with Gasteiger partial charge in [-0.05, 0) is 41.6 Å². The number of hydrogen-bond donors (Lipinski definition) is 1. The molecule has 0 atom stereocenters. The van der Waals surface area contributed by atoms with Gasteiger partial charge < -0.3 is 9.47 Å². The predicted octanol–water partition coefficient (Wildman–Crippen LogP) is 3.15. The van der Waals surface area contributed by atoms with Crippen molar-refractivity contribution in [3.63, 3.8) is 0 Å². The molecule has 0 saturated carbocycles. The van der Waals surface area contributed by atoms with Gasteiger partial charge in [-0.25, -0.2) is 13.6 Å². The van der Waals surface area contributed by atoms with Crippen molar-refractivity contribution >= 4 is 35.0 Å². The van der Waals surface area contributed by atoms with Crippen LogP contribution >= 0.6 is 11.8 Å². The lowest BCUT2D eigenvalue weighted by Crippen LogP contribution is -2.19. The van der Waals surface area contributed by atoms with Crippen molar-refractivity contribution in [1.82, 2.24) is 5.32 Å². The van der Waals surface area contributed by atoms with E-state index in [0.717, 1.165) is 17.8 Å². The van der Waals surface area contributed by atoms with Crippen LogP contribution in [0, 0.1) is 11.6 Å². The Morgan fingerprint density at radius 3 is 2.63 bits per heavy atom. The van der Waals surface area contributed by atoms with Crippen molar-refractivity contribution in [2.45, 2.75) is 6.61 Å². The van der Waals surface area contributed by atoms with Gasteiger partial charge in [0.25, 0.3) is 5.91 Å². The first kappa shape index (κ1) is 21.2. The summed E-state index contributed by atoms with van der Waals surface area (Å²) >= 11 is 0.927. The molecule has 0 radical (unpaired) electrons. The quantitative estimate of drug-likeness (QED) is 0.329. The normalized spacial score (nSPS) is 16.3. The van der Waals surface area contributed by atoms with E-state index in [9.17, 15) is 18.4 Å². The highest BCUT2D eigenvalue weighted by Crippen LogP contribution is 2.24. The highest BCUT2D eigenvalue weighted by molar-refractivity contribution is 8.18. The molecule has 1 saturated heterocycles. The SMILES string of the molecule is COC(=O)/C=C1/S/C(=N\N=Cc2ccc(F)cc2OCc2ccc(F)cc2)NC1=O. The molecule has 1 aliphatic heterocycles. The molecule has 1 N–H and O–H groups in total. The van der Waals surface area contributed by atoms with E-state index in [0.29, 0.717) is 11.1 Å².